The summed E-state index contributed by atoms with van der Waals surface area (Å²) in [5, 5.41) is 31.4. The van der Waals surface area contributed by atoms with Crippen molar-refractivity contribution in [3.8, 4) is 0 Å². The number of hydrogen-bond donors (Lipinski definition) is 3. The minimum atomic E-state index is -0.718. The van der Waals surface area contributed by atoms with Crippen LogP contribution in [0.25, 0.3) is 0 Å². The van der Waals surface area contributed by atoms with Crippen molar-refractivity contribution in [3.05, 3.63) is 24.3 Å². The molecule has 3 heteroatoms. The summed E-state index contributed by atoms with van der Waals surface area (Å²) >= 11 is 0. The third-order valence-electron chi connectivity index (χ3n) is 6.43. The molecule has 0 amide bonds. The van der Waals surface area contributed by atoms with Gasteiger partial charge in [0.15, 0.2) is 0 Å². The van der Waals surface area contributed by atoms with E-state index in [0.29, 0.717) is 25.2 Å². The Morgan fingerprint density at radius 3 is 2.17 bits per heavy atom. The van der Waals surface area contributed by atoms with E-state index in [1.165, 1.54) is 0 Å². The highest BCUT2D eigenvalue weighted by molar-refractivity contribution is 5.11. The second-order valence-corrected chi connectivity index (χ2v) is 8.69. The molecule has 0 saturated heterocycles. The molecule has 0 aromatic heterocycles. The van der Waals surface area contributed by atoms with Crippen molar-refractivity contribution in [1.29, 1.82) is 0 Å². The van der Waals surface area contributed by atoms with Gasteiger partial charge in [-0.05, 0) is 87.2 Å². The summed E-state index contributed by atoms with van der Waals surface area (Å²) in [4.78, 5) is 0. The van der Waals surface area contributed by atoms with E-state index in [-0.39, 0.29) is 11.3 Å². The molecule has 5 atom stereocenters. The Kier molecular flexibility index (Phi) is 5.44. The molecule has 2 aliphatic rings. The average Bonchev–Trinajstić information content (AvgIpc) is 2.77. The van der Waals surface area contributed by atoms with E-state index >= 15 is 0 Å². The predicted molar refractivity (Wildman–Crippen MR) is 94.0 cm³/mol. The van der Waals surface area contributed by atoms with Gasteiger partial charge in [-0.25, -0.2) is 0 Å². The van der Waals surface area contributed by atoms with Gasteiger partial charge in [-0.1, -0.05) is 20.1 Å². The second-order valence-electron chi connectivity index (χ2n) is 8.69. The number of rotatable bonds is 1. The number of fused-ring (bicyclic) bond motifs is 1. The second kappa shape index (κ2) is 6.70. The summed E-state index contributed by atoms with van der Waals surface area (Å²) in [5.41, 5.74) is 0.969. The minimum absolute atomic E-state index is 0.00258. The zero-order chi connectivity index (χ0) is 17.4. The van der Waals surface area contributed by atoms with Crippen molar-refractivity contribution in [3.63, 3.8) is 0 Å². The van der Waals surface area contributed by atoms with Crippen molar-refractivity contribution in [2.75, 3.05) is 0 Å². The van der Waals surface area contributed by atoms with Crippen LogP contribution in [0.15, 0.2) is 24.3 Å². The lowest BCUT2D eigenvalue weighted by Crippen LogP contribution is -2.38. The number of aliphatic hydroxyl groups is 3. The van der Waals surface area contributed by atoms with Crippen LogP contribution in [0.4, 0.5) is 0 Å². The summed E-state index contributed by atoms with van der Waals surface area (Å²) in [6.45, 7) is 14.1. The van der Waals surface area contributed by atoms with Crippen molar-refractivity contribution in [1.82, 2.24) is 0 Å². The van der Waals surface area contributed by atoms with E-state index in [2.05, 4.69) is 20.1 Å². The molecule has 0 aromatic rings. The zero-order valence-electron chi connectivity index (χ0n) is 15.0. The quantitative estimate of drug-likeness (QED) is 0.647. The normalized spacial score (nSPS) is 40.6. The van der Waals surface area contributed by atoms with Crippen LogP contribution in [0.5, 0.6) is 0 Å². The smallest absolute Gasteiger partial charge is 0.0752 e. The molecule has 0 aliphatic heterocycles. The lowest BCUT2D eigenvalue weighted by Gasteiger charge is -2.40. The van der Waals surface area contributed by atoms with Gasteiger partial charge in [0, 0.05) is 0 Å². The van der Waals surface area contributed by atoms with Gasteiger partial charge in [-0.15, -0.1) is 0 Å². The van der Waals surface area contributed by atoms with Crippen molar-refractivity contribution in [2.24, 2.45) is 17.3 Å². The summed E-state index contributed by atoms with van der Waals surface area (Å²) < 4.78 is 0. The molecule has 132 valence electrons. The Bertz CT molecular complexity index is 462. The molecule has 0 spiro atoms. The Balaban J connectivity index is 2.30. The van der Waals surface area contributed by atoms with Gasteiger partial charge in [-0.3, -0.25) is 0 Å². The van der Waals surface area contributed by atoms with Crippen LogP contribution in [0.2, 0.25) is 0 Å². The van der Waals surface area contributed by atoms with Gasteiger partial charge >= 0.3 is 0 Å². The molecular formula is C20H34O3. The maximum atomic E-state index is 10.6. The van der Waals surface area contributed by atoms with Gasteiger partial charge in [0.25, 0.3) is 0 Å². The molecule has 2 aliphatic carbocycles. The lowest BCUT2D eigenvalue weighted by molar-refractivity contribution is -0.0227. The molecule has 3 N–H and O–H groups in total. The van der Waals surface area contributed by atoms with Crippen molar-refractivity contribution in [2.45, 2.75) is 83.5 Å². The molecule has 2 rings (SSSR count). The monoisotopic (exact) mass is 322 g/mol. The van der Waals surface area contributed by atoms with Crippen LogP contribution < -0.4 is 0 Å². The minimum Gasteiger partial charge on any atom is -0.390 e. The van der Waals surface area contributed by atoms with Crippen LogP contribution in [-0.2, 0) is 0 Å². The summed E-state index contributed by atoms with van der Waals surface area (Å²) in [6, 6.07) is 0. The van der Waals surface area contributed by atoms with E-state index in [1.807, 2.05) is 13.8 Å². The molecule has 0 radical (unpaired) electrons. The van der Waals surface area contributed by atoms with E-state index in [4.69, 9.17) is 0 Å². The van der Waals surface area contributed by atoms with Gasteiger partial charge in [0.2, 0.25) is 0 Å². The first-order valence-electron chi connectivity index (χ1n) is 8.98. The molecule has 23 heavy (non-hydrogen) atoms. The van der Waals surface area contributed by atoms with E-state index in [9.17, 15) is 15.3 Å². The summed E-state index contributed by atoms with van der Waals surface area (Å²) in [5.74, 6) is 0.547. The van der Waals surface area contributed by atoms with Crippen LogP contribution in [0, 0.1) is 17.3 Å². The molecule has 0 heterocycles. The predicted octanol–water partition coefficient (Wildman–Crippen LogP) is 3.59. The van der Waals surface area contributed by atoms with Gasteiger partial charge < -0.3 is 15.3 Å². The van der Waals surface area contributed by atoms with Crippen molar-refractivity contribution >= 4 is 0 Å². The topological polar surface area (TPSA) is 60.7 Å². The molecule has 0 aromatic carbocycles. The Labute approximate surface area is 141 Å². The average molecular weight is 322 g/mol. The standard InChI is InChI=1S/C20H34O3/c1-13-6-8-16-15(19(3,4)23)10-11-20(16,5)12-18(22)14(2)7-9-17(13)21/h15-18,21-23H,1-2,6-12H2,3-5H3/t15-,16-,17-,18+,20-/m1/s1. The third kappa shape index (κ3) is 4.07. The van der Waals surface area contributed by atoms with Crippen LogP contribution >= 0.6 is 0 Å². The SMILES string of the molecule is C=C1CC[C@@H]2[C@H](C(C)(C)O)CC[C@]2(C)C[C@H](O)C(=C)CC[C@H]1O. The summed E-state index contributed by atoms with van der Waals surface area (Å²) in [6.07, 6.45) is 4.58. The fourth-order valence-electron chi connectivity index (χ4n) is 4.79. The fraction of sp³-hybridized carbons (Fsp3) is 0.800. The molecule has 2 fully saturated rings. The molecular weight excluding hydrogens is 288 g/mol. The van der Waals surface area contributed by atoms with Gasteiger partial charge in [0.05, 0.1) is 17.8 Å². The number of aliphatic hydroxyl groups excluding tert-OH is 2. The molecule has 2 saturated carbocycles. The third-order valence-corrected chi connectivity index (χ3v) is 6.43. The Morgan fingerprint density at radius 1 is 1.00 bits per heavy atom. The maximum absolute atomic E-state index is 10.6. The van der Waals surface area contributed by atoms with Gasteiger partial charge in [-0.2, -0.15) is 0 Å². The van der Waals surface area contributed by atoms with E-state index in [1.54, 1.807) is 0 Å². The Hall–Kier alpha value is -0.640. The molecule has 3 nitrogen and oxygen atoms in total. The van der Waals surface area contributed by atoms with Gasteiger partial charge in [0.1, 0.15) is 0 Å². The first-order chi connectivity index (χ1) is 10.5. The highest BCUT2D eigenvalue weighted by Gasteiger charge is 2.50. The maximum Gasteiger partial charge on any atom is 0.0752 e. The molecule has 0 bridgehead atoms. The lowest BCUT2D eigenvalue weighted by atomic mass is 9.67. The highest BCUT2D eigenvalue weighted by Crippen LogP contribution is 2.55. The van der Waals surface area contributed by atoms with Crippen LogP contribution in [0.1, 0.15) is 65.7 Å². The van der Waals surface area contributed by atoms with E-state index < -0.39 is 17.8 Å². The largest absolute Gasteiger partial charge is 0.390 e. The van der Waals surface area contributed by atoms with E-state index in [0.717, 1.165) is 36.8 Å². The number of hydrogen-bond acceptors (Lipinski definition) is 3. The van der Waals surface area contributed by atoms with Crippen LogP contribution in [0.3, 0.4) is 0 Å². The first kappa shape index (κ1) is 18.7. The Morgan fingerprint density at radius 2 is 1.57 bits per heavy atom. The zero-order valence-corrected chi connectivity index (χ0v) is 15.0. The van der Waals surface area contributed by atoms with Crippen molar-refractivity contribution < 1.29 is 15.3 Å². The fourth-order valence-corrected chi connectivity index (χ4v) is 4.79. The first-order valence-corrected chi connectivity index (χ1v) is 8.98. The molecule has 0 unspecified atom stereocenters. The summed E-state index contributed by atoms with van der Waals surface area (Å²) in [7, 11) is 0. The van der Waals surface area contributed by atoms with Crippen LogP contribution in [-0.4, -0.2) is 33.1 Å². The highest BCUT2D eigenvalue weighted by atomic mass is 16.3.